The molecule has 0 aliphatic rings. The average Bonchev–Trinajstić information content (AvgIpc) is 3.20. The van der Waals surface area contributed by atoms with E-state index in [1.54, 1.807) is 0 Å². The highest BCUT2D eigenvalue weighted by molar-refractivity contribution is 6.30. The largest absolute Gasteiger partial charge is 0.301 e. The molecule has 0 unspecified atom stereocenters. The van der Waals surface area contributed by atoms with Gasteiger partial charge in [0.1, 0.15) is 22.7 Å². The Hall–Kier alpha value is -3.88. The van der Waals surface area contributed by atoms with Gasteiger partial charge in [-0.2, -0.15) is 9.66 Å². The fourth-order valence-electron chi connectivity index (χ4n) is 4.20. The van der Waals surface area contributed by atoms with Crippen molar-refractivity contribution in [2.75, 3.05) is 5.32 Å². The number of benzene rings is 2. The Bertz CT molecular complexity index is 1460. The van der Waals surface area contributed by atoms with Crippen molar-refractivity contribution in [2.24, 2.45) is 0 Å². The third-order valence-electron chi connectivity index (χ3n) is 5.83. The van der Waals surface area contributed by atoms with Crippen molar-refractivity contribution in [1.82, 2.24) is 4.98 Å². The van der Waals surface area contributed by atoms with E-state index in [0.717, 1.165) is 44.8 Å². The SMILES string of the molecule is Cc1c(Cc2ccc(Cl)cc2)c(NCc2ccc[nH+]c2)[n+]2c([nH]c3ccccc32)c1C#N. The quantitative estimate of drug-likeness (QED) is 0.388. The highest BCUT2D eigenvalue weighted by Gasteiger charge is 2.25. The lowest BCUT2D eigenvalue weighted by Gasteiger charge is -2.14. The number of fused-ring (bicyclic) bond motifs is 3. The van der Waals surface area contributed by atoms with E-state index in [9.17, 15) is 5.26 Å². The smallest absolute Gasteiger partial charge is 0.250 e. The second kappa shape index (κ2) is 8.33. The van der Waals surface area contributed by atoms with Gasteiger partial charge in [0.2, 0.25) is 11.5 Å². The zero-order valence-electron chi connectivity index (χ0n) is 17.6. The molecule has 156 valence electrons. The van der Waals surface area contributed by atoms with Crippen LogP contribution in [-0.4, -0.2) is 4.98 Å². The van der Waals surface area contributed by atoms with Crippen molar-refractivity contribution >= 4 is 34.1 Å². The highest BCUT2D eigenvalue weighted by Crippen LogP contribution is 2.28. The molecular formula is C26H22ClN5+2. The summed E-state index contributed by atoms with van der Waals surface area (Å²) in [6.45, 7) is 2.68. The Morgan fingerprint density at radius 2 is 1.88 bits per heavy atom. The second-order valence-electron chi connectivity index (χ2n) is 7.83. The maximum absolute atomic E-state index is 10.0. The predicted molar refractivity (Wildman–Crippen MR) is 125 cm³/mol. The summed E-state index contributed by atoms with van der Waals surface area (Å²) in [4.78, 5) is 6.59. The van der Waals surface area contributed by atoms with E-state index >= 15 is 0 Å². The molecule has 0 spiro atoms. The molecule has 0 fully saturated rings. The Morgan fingerprint density at radius 3 is 2.62 bits per heavy atom. The molecule has 0 bridgehead atoms. The zero-order chi connectivity index (χ0) is 22.1. The van der Waals surface area contributed by atoms with Crippen LogP contribution in [-0.2, 0) is 13.0 Å². The number of nitrogens with one attached hydrogen (secondary N) is 3. The zero-order valence-corrected chi connectivity index (χ0v) is 18.4. The molecule has 2 aromatic carbocycles. The Morgan fingerprint density at radius 1 is 1.06 bits per heavy atom. The number of para-hydroxylation sites is 2. The fourth-order valence-corrected chi connectivity index (χ4v) is 4.32. The Kier molecular flexibility index (Phi) is 5.22. The van der Waals surface area contributed by atoms with Crippen molar-refractivity contribution in [3.05, 3.63) is 106 Å². The van der Waals surface area contributed by atoms with Crippen LogP contribution in [0.1, 0.15) is 27.8 Å². The molecule has 0 atom stereocenters. The van der Waals surface area contributed by atoms with E-state index in [4.69, 9.17) is 11.6 Å². The van der Waals surface area contributed by atoms with E-state index in [1.807, 2.05) is 67.8 Å². The number of imidazole rings is 1. The maximum Gasteiger partial charge on any atom is 0.250 e. The van der Waals surface area contributed by atoms with Gasteiger partial charge in [0.25, 0.3) is 0 Å². The number of aromatic amines is 2. The van der Waals surface area contributed by atoms with E-state index < -0.39 is 0 Å². The van der Waals surface area contributed by atoms with Gasteiger partial charge in [-0.05, 0) is 48.4 Å². The second-order valence-corrected chi connectivity index (χ2v) is 8.27. The summed E-state index contributed by atoms with van der Waals surface area (Å²) in [6.07, 6.45) is 4.57. The third kappa shape index (κ3) is 3.55. The molecule has 0 aliphatic carbocycles. The number of anilines is 1. The van der Waals surface area contributed by atoms with Gasteiger partial charge in [-0.1, -0.05) is 35.9 Å². The topological polar surface area (TPSA) is 69.8 Å². The number of aromatic nitrogens is 3. The molecular weight excluding hydrogens is 418 g/mol. The number of nitrogens with zero attached hydrogens (tertiary/aromatic N) is 2. The van der Waals surface area contributed by atoms with Crippen LogP contribution >= 0.6 is 11.6 Å². The summed E-state index contributed by atoms with van der Waals surface area (Å²) in [5, 5.41) is 14.4. The van der Waals surface area contributed by atoms with Crippen LogP contribution in [0.4, 0.5) is 5.82 Å². The van der Waals surface area contributed by atoms with Gasteiger partial charge in [-0.3, -0.25) is 4.98 Å². The minimum Gasteiger partial charge on any atom is -0.301 e. The van der Waals surface area contributed by atoms with Gasteiger partial charge in [0.15, 0.2) is 12.4 Å². The van der Waals surface area contributed by atoms with Crippen LogP contribution in [0.5, 0.6) is 0 Å². The molecule has 0 radical (unpaired) electrons. The van der Waals surface area contributed by atoms with Crippen LogP contribution < -0.4 is 14.7 Å². The van der Waals surface area contributed by atoms with Crippen molar-refractivity contribution in [3.8, 4) is 6.07 Å². The van der Waals surface area contributed by atoms with Gasteiger partial charge in [-0.25, -0.2) is 4.98 Å². The first-order valence-electron chi connectivity index (χ1n) is 10.5. The molecule has 0 saturated carbocycles. The summed E-state index contributed by atoms with van der Waals surface area (Å²) in [6, 6.07) is 22.5. The van der Waals surface area contributed by atoms with E-state index in [2.05, 4.69) is 37.9 Å². The molecule has 5 rings (SSSR count). The molecule has 0 aliphatic heterocycles. The number of nitriles is 1. The lowest BCUT2D eigenvalue weighted by atomic mass is 9.97. The first-order valence-corrected chi connectivity index (χ1v) is 10.8. The molecule has 32 heavy (non-hydrogen) atoms. The van der Waals surface area contributed by atoms with Gasteiger partial charge < -0.3 is 5.32 Å². The van der Waals surface area contributed by atoms with Crippen LogP contribution in [0.3, 0.4) is 0 Å². The third-order valence-corrected chi connectivity index (χ3v) is 6.08. The van der Waals surface area contributed by atoms with Crippen LogP contribution in [0, 0.1) is 18.3 Å². The van der Waals surface area contributed by atoms with Crippen molar-refractivity contribution < 1.29 is 9.38 Å². The molecule has 3 N–H and O–H groups in total. The Balaban J connectivity index is 1.75. The number of hydrogen-bond donors (Lipinski definition) is 2. The minimum absolute atomic E-state index is 0.651. The molecule has 5 nitrogen and oxygen atoms in total. The monoisotopic (exact) mass is 439 g/mol. The lowest BCUT2D eigenvalue weighted by Crippen LogP contribution is -2.30. The van der Waals surface area contributed by atoms with Gasteiger partial charge in [0.05, 0.1) is 6.54 Å². The van der Waals surface area contributed by atoms with Gasteiger partial charge in [0, 0.05) is 28.6 Å². The molecule has 0 saturated heterocycles. The standard InChI is InChI=1S/C26H20ClN5/c1-17-21(13-18-8-10-20(27)11-9-18)25(30-16-19-5-4-12-29-15-19)32-24-7-3-2-6-23(24)31-26(32)22(17)14-28/h2-12,15H,13,16H2,1H3,(H,30,31)/p+2. The van der Waals surface area contributed by atoms with Gasteiger partial charge in [-0.15, -0.1) is 0 Å². The summed E-state index contributed by atoms with van der Waals surface area (Å²) in [5.41, 5.74) is 7.80. The normalized spacial score (nSPS) is 11.0. The van der Waals surface area contributed by atoms with Crippen molar-refractivity contribution in [2.45, 2.75) is 19.9 Å². The number of halogens is 1. The van der Waals surface area contributed by atoms with Crippen LogP contribution in [0.2, 0.25) is 5.02 Å². The van der Waals surface area contributed by atoms with E-state index in [-0.39, 0.29) is 0 Å². The molecule has 6 heteroatoms. The van der Waals surface area contributed by atoms with Crippen LogP contribution in [0.25, 0.3) is 16.7 Å². The first-order chi connectivity index (χ1) is 15.7. The lowest BCUT2D eigenvalue weighted by molar-refractivity contribution is -0.465. The fraction of sp³-hybridized carbons (Fsp3) is 0.115. The van der Waals surface area contributed by atoms with Crippen molar-refractivity contribution in [1.29, 1.82) is 5.26 Å². The minimum atomic E-state index is 0.651. The summed E-state index contributed by atoms with van der Waals surface area (Å²) in [5.74, 6) is 0.979. The van der Waals surface area contributed by atoms with E-state index in [0.29, 0.717) is 23.6 Å². The maximum atomic E-state index is 10.0. The predicted octanol–water partition coefficient (Wildman–Crippen LogP) is 4.76. The summed E-state index contributed by atoms with van der Waals surface area (Å²) < 4.78 is 2.14. The highest BCUT2D eigenvalue weighted by atomic mass is 35.5. The molecule has 3 aromatic heterocycles. The van der Waals surface area contributed by atoms with Crippen molar-refractivity contribution in [3.63, 3.8) is 0 Å². The number of pyridine rings is 2. The molecule has 0 amide bonds. The average molecular weight is 440 g/mol. The Labute approximate surface area is 190 Å². The molecule has 5 aromatic rings. The first kappa shape index (κ1) is 20.0. The number of H-pyrrole nitrogens is 2. The number of hydrogen-bond acceptors (Lipinski definition) is 2. The van der Waals surface area contributed by atoms with Crippen LogP contribution in [0.15, 0.2) is 73.1 Å². The summed E-state index contributed by atoms with van der Waals surface area (Å²) in [7, 11) is 0. The summed E-state index contributed by atoms with van der Waals surface area (Å²) >= 11 is 6.10. The number of rotatable bonds is 5. The van der Waals surface area contributed by atoms with Gasteiger partial charge >= 0.3 is 0 Å². The van der Waals surface area contributed by atoms with E-state index in [1.165, 1.54) is 0 Å². The molecule has 3 heterocycles.